The maximum Gasteiger partial charge on any atom is 0.0682 e. The fraction of sp³-hybridized carbons (Fsp3) is 1.00. The Balaban J connectivity index is 2.02. The molecule has 0 unspecified atom stereocenters. The summed E-state index contributed by atoms with van der Waals surface area (Å²) < 4.78 is 0. The average Bonchev–Trinajstić information content (AvgIpc) is 2.00. The molecule has 0 bridgehead atoms. The Bertz CT molecular complexity index is 39.5. The lowest BCUT2D eigenvalue weighted by Crippen LogP contribution is -2.26. The summed E-state index contributed by atoms with van der Waals surface area (Å²) in [4.78, 5) is 5.06. The van der Waals surface area contributed by atoms with Crippen LogP contribution in [0.1, 0.15) is 12.8 Å². The molecular formula is C6H14N2O. The van der Waals surface area contributed by atoms with Crippen molar-refractivity contribution < 1.29 is 4.84 Å². The maximum absolute atomic E-state index is 5.06. The highest BCUT2D eigenvalue weighted by molar-refractivity contribution is 4.50. The Kier molecular flexibility index (Phi) is 3.68. The van der Waals surface area contributed by atoms with Gasteiger partial charge in [0.05, 0.1) is 6.61 Å². The van der Waals surface area contributed by atoms with Crippen molar-refractivity contribution in [3.8, 4) is 0 Å². The molecule has 3 heteroatoms. The van der Waals surface area contributed by atoms with Gasteiger partial charge in [0.15, 0.2) is 0 Å². The first kappa shape index (κ1) is 6.99. The van der Waals surface area contributed by atoms with Gasteiger partial charge in [-0.15, -0.1) is 0 Å². The topological polar surface area (TPSA) is 33.3 Å². The van der Waals surface area contributed by atoms with Crippen molar-refractivity contribution in [2.24, 2.45) is 0 Å². The van der Waals surface area contributed by atoms with Gasteiger partial charge in [-0.05, 0) is 19.4 Å². The fourth-order valence-electron chi connectivity index (χ4n) is 0.833. The van der Waals surface area contributed by atoms with E-state index < -0.39 is 0 Å². The molecule has 1 fully saturated rings. The first-order valence-corrected chi connectivity index (χ1v) is 3.55. The largest absolute Gasteiger partial charge is 0.315 e. The van der Waals surface area contributed by atoms with Crippen LogP contribution < -0.4 is 10.8 Å². The molecule has 2 N–H and O–H groups in total. The van der Waals surface area contributed by atoms with Crippen molar-refractivity contribution in [2.45, 2.75) is 12.8 Å². The van der Waals surface area contributed by atoms with E-state index in [-0.39, 0.29) is 0 Å². The van der Waals surface area contributed by atoms with E-state index in [4.69, 9.17) is 4.84 Å². The molecule has 0 radical (unpaired) electrons. The first-order chi connectivity index (χ1) is 4.50. The van der Waals surface area contributed by atoms with Crippen molar-refractivity contribution >= 4 is 0 Å². The molecule has 54 valence electrons. The summed E-state index contributed by atoms with van der Waals surface area (Å²) in [5, 5.41) is 3.28. The van der Waals surface area contributed by atoms with Crippen LogP contribution >= 0.6 is 0 Å². The minimum Gasteiger partial charge on any atom is -0.315 e. The zero-order chi connectivity index (χ0) is 6.36. The second-order valence-corrected chi connectivity index (χ2v) is 2.20. The highest BCUT2D eigenvalue weighted by atomic mass is 16.6. The van der Waals surface area contributed by atoms with E-state index in [0.717, 1.165) is 32.7 Å². The smallest absolute Gasteiger partial charge is 0.0682 e. The lowest BCUT2D eigenvalue weighted by molar-refractivity contribution is 0.0431. The first-order valence-electron chi connectivity index (χ1n) is 3.55. The van der Waals surface area contributed by atoms with Gasteiger partial charge in [0.25, 0.3) is 0 Å². The zero-order valence-corrected chi connectivity index (χ0v) is 5.65. The second-order valence-electron chi connectivity index (χ2n) is 2.20. The number of hydroxylamine groups is 1. The molecule has 1 saturated heterocycles. The normalized spacial score (nSPS) is 24.0. The van der Waals surface area contributed by atoms with Crippen LogP contribution in [-0.4, -0.2) is 26.2 Å². The van der Waals surface area contributed by atoms with Crippen molar-refractivity contribution in [1.29, 1.82) is 0 Å². The Morgan fingerprint density at radius 1 is 1.00 bits per heavy atom. The van der Waals surface area contributed by atoms with E-state index in [2.05, 4.69) is 10.8 Å². The number of rotatable bonds is 0. The lowest BCUT2D eigenvalue weighted by atomic mass is 10.3. The van der Waals surface area contributed by atoms with Crippen molar-refractivity contribution in [3.63, 3.8) is 0 Å². The second kappa shape index (κ2) is 4.73. The van der Waals surface area contributed by atoms with Gasteiger partial charge in [0.2, 0.25) is 0 Å². The van der Waals surface area contributed by atoms with Crippen LogP contribution in [0.15, 0.2) is 0 Å². The predicted octanol–water partition coefficient (Wildman–Crippen LogP) is -0.109. The van der Waals surface area contributed by atoms with Crippen molar-refractivity contribution in [3.05, 3.63) is 0 Å². The molecule has 1 aliphatic heterocycles. The van der Waals surface area contributed by atoms with Crippen LogP contribution in [0.3, 0.4) is 0 Å². The zero-order valence-electron chi connectivity index (χ0n) is 5.65. The third kappa shape index (κ3) is 3.46. The number of hydrogen-bond acceptors (Lipinski definition) is 3. The van der Waals surface area contributed by atoms with Crippen molar-refractivity contribution in [2.75, 3.05) is 26.2 Å². The third-order valence-corrected chi connectivity index (χ3v) is 1.36. The van der Waals surface area contributed by atoms with E-state index in [1.54, 1.807) is 0 Å². The Labute approximate surface area is 55.7 Å². The van der Waals surface area contributed by atoms with Crippen LogP contribution in [-0.2, 0) is 4.84 Å². The molecule has 0 amide bonds. The van der Waals surface area contributed by atoms with Gasteiger partial charge in [-0.25, -0.2) is 5.48 Å². The van der Waals surface area contributed by atoms with Gasteiger partial charge in [0, 0.05) is 13.1 Å². The molecule has 1 heterocycles. The van der Waals surface area contributed by atoms with Crippen LogP contribution in [0.5, 0.6) is 0 Å². The van der Waals surface area contributed by atoms with Crippen LogP contribution in [0.2, 0.25) is 0 Å². The summed E-state index contributed by atoms with van der Waals surface area (Å²) in [5.41, 5.74) is 2.86. The predicted molar refractivity (Wildman–Crippen MR) is 36.1 cm³/mol. The number of hydrogen-bond donors (Lipinski definition) is 2. The molecule has 0 spiro atoms. The molecule has 0 aromatic rings. The SMILES string of the molecule is C1CCONCCNC1. The standard InChI is InChI=1S/C6H14N2O/c1-2-6-9-8-5-4-7-3-1/h7-8H,1-6H2. The summed E-state index contributed by atoms with van der Waals surface area (Å²) in [6.45, 7) is 3.91. The summed E-state index contributed by atoms with van der Waals surface area (Å²) in [6.07, 6.45) is 2.38. The molecule has 0 aliphatic carbocycles. The van der Waals surface area contributed by atoms with Crippen molar-refractivity contribution in [1.82, 2.24) is 10.8 Å². The monoisotopic (exact) mass is 130 g/mol. The molecule has 0 aromatic heterocycles. The van der Waals surface area contributed by atoms with E-state index in [1.807, 2.05) is 0 Å². The van der Waals surface area contributed by atoms with E-state index in [0.29, 0.717) is 0 Å². The van der Waals surface area contributed by atoms with E-state index in [9.17, 15) is 0 Å². The highest BCUT2D eigenvalue weighted by Gasteiger charge is 1.93. The molecule has 3 nitrogen and oxygen atoms in total. The van der Waals surface area contributed by atoms with Gasteiger partial charge in [-0.2, -0.15) is 0 Å². The summed E-state index contributed by atoms with van der Waals surface area (Å²) in [5.74, 6) is 0. The summed E-state index contributed by atoms with van der Waals surface area (Å²) in [7, 11) is 0. The van der Waals surface area contributed by atoms with Gasteiger partial charge >= 0.3 is 0 Å². The Morgan fingerprint density at radius 3 is 3.00 bits per heavy atom. The summed E-state index contributed by atoms with van der Waals surface area (Å²) >= 11 is 0. The molecule has 0 saturated carbocycles. The Morgan fingerprint density at radius 2 is 2.00 bits per heavy atom. The van der Waals surface area contributed by atoms with E-state index in [1.165, 1.54) is 6.42 Å². The van der Waals surface area contributed by atoms with Gasteiger partial charge in [-0.3, -0.25) is 0 Å². The van der Waals surface area contributed by atoms with Gasteiger partial charge < -0.3 is 10.2 Å². The Hall–Kier alpha value is -0.120. The minimum absolute atomic E-state index is 0.849. The molecule has 1 rings (SSSR count). The van der Waals surface area contributed by atoms with Crippen LogP contribution in [0.4, 0.5) is 0 Å². The lowest BCUT2D eigenvalue weighted by Gasteiger charge is -2.00. The maximum atomic E-state index is 5.06. The molecular weight excluding hydrogens is 116 g/mol. The van der Waals surface area contributed by atoms with E-state index >= 15 is 0 Å². The van der Waals surface area contributed by atoms with Gasteiger partial charge in [0.1, 0.15) is 0 Å². The fourth-order valence-corrected chi connectivity index (χ4v) is 0.833. The van der Waals surface area contributed by atoms with Crippen LogP contribution in [0.25, 0.3) is 0 Å². The molecule has 1 aliphatic rings. The minimum atomic E-state index is 0.849. The molecule has 0 atom stereocenters. The average molecular weight is 130 g/mol. The van der Waals surface area contributed by atoms with Crippen LogP contribution in [0, 0.1) is 0 Å². The molecule has 0 aromatic carbocycles. The number of nitrogens with one attached hydrogen (secondary N) is 2. The third-order valence-electron chi connectivity index (χ3n) is 1.36. The summed E-state index contributed by atoms with van der Waals surface area (Å²) in [6, 6.07) is 0. The highest BCUT2D eigenvalue weighted by Crippen LogP contribution is 1.87. The molecule has 9 heavy (non-hydrogen) atoms. The van der Waals surface area contributed by atoms with Gasteiger partial charge in [-0.1, -0.05) is 0 Å². The quantitative estimate of drug-likeness (QED) is 0.480.